The van der Waals surface area contributed by atoms with E-state index in [-0.39, 0.29) is 5.69 Å². The minimum absolute atomic E-state index is 0.0605. The van der Waals surface area contributed by atoms with Gasteiger partial charge in [0.2, 0.25) is 0 Å². The topological polar surface area (TPSA) is 66.9 Å². The number of allylic oxidation sites excluding steroid dienone is 1. The lowest BCUT2D eigenvalue weighted by Crippen LogP contribution is -1.89. The van der Waals surface area contributed by atoms with Crippen LogP contribution in [0.4, 0.5) is 5.69 Å². The molecule has 4 nitrogen and oxygen atoms in total. The van der Waals surface area contributed by atoms with Gasteiger partial charge in [0.25, 0.3) is 5.69 Å². The van der Waals surface area contributed by atoms with E-state index in [1.54, 1.807) is 18.2 Å². The molecule has 0 unspecified atom stereocenters. The summed E-state index contributed by atoms with van der Waals surface area (Å²) in [5, 5.41) is 19.3. The first-order chi connectivity index (χ1) is 7.69. The van der Waals surface area contributed by atoms with Crippen molar-refractivity contribution in [2.45, 2.75) is 4.90 Å². The predicted molar refractivity (Wildman–Crippen MR) is 66.2 cm³/mol. The van der Waals surface area contributed by atoms with Crippen molar-refractivity contribution in [3.63, 3.8) is 0 Å². The molecule has 1 rings (SSSR count). The molecule has 0 saturated heterocycles. The molecule has 1 aromatic rings. The van der Waals surface area contributed by atoms with E-state index in [1.165, 1.54) is 35.7 Å². The summed E-state index contributed by atoms with van der Waals surface area (Å²) >= 11 is 2.62. The SMILES string of the molecule is CSC(=CC#N)Sc1ccccc1[N+](=O)[O-]. The molecular weight excluding hydrogens is 244 g/mol. The molecular formula is C10H8N2O2S2. The molecule has 0 bridgehead atoms. The fourth-order valence-corrected chi connectivity index (χ4v) is 2.48. The zero-order valence-corrected chi connectivity index (χ0v) is 10.0. The number of nitriles is 1. The molecule has 0 atom stereocenters. The predicted octanol–water partition coefficient (Wildman–Crippen LogP) is 3.41. The Kier molecular flexibility index (Phi) is 4.89. The number of rotatable bonds is 4. The van der Waals surface area contributed by atoms with Crippen molar-refractivity contribution in [2.24, 2.45) is 0 Å². The fraction of sp³-hybridized carbons (Fsp3) is 0.100. The summed E-state index contributed by atoms with van der Waals surface area (Å²) in [4.78, 5) is 10.9. The van der Waals surface area contributed by atoms with E-state index in [0.29, 0.717) is 4.90 Å². The number of para-hydroxylation sites is 1. The highest BCUT2D eigenvalue weighted by atomic mass is 32.2. The molecule has 6 heteroatoms. The zero-order valence-electron chi connectivity index (χ0n) is 8.41. The van der Waals surface area contributed by atoms with Gasteiger partial charge in [0.15, 0.2) is 0 Å². The number of nitro benzene ring substituents is 1. The molecule has 0 amide bonds. The summed E-state index contributed by atoms with van der Waals surface area (Å²) < 4.78 is 0.733. The number of hydrogen-bond acceptors (Lipinski definition) is 5. The molecule has 0 heterocycles. The van der Waals surface area contributed by atoms with E-state index in [1.807, 2.05) is 12.3 Å². The van der Waals surface area contributed by atoms with Crippen LogP contribution in [0, 0.1) is 21.4 Å². The maximum absolute atomic E-state index is 10.8. The maximum atomic E-state index is 10.8. The van der Waals surface area contributed by atoms with Gasteiger partial charge in [0.05, 0.1) is 20.1 Å². The van der Waals surface area contributed by atoms with Crippen molar-refractivity contribution in [1.82, 2.24) is 0 Å². The van der Waals surface area contributed by atoms with Crippen LogP contribution in [0.15, 0.2) is 39.5 Å². The molecule has 16 heavy (non-hydrogen) atoms. The highest BCUT2D eigenvalue weighted by Gasteiger charge is 2.13. The number of benzene rings is 1. The van der Waals surface area contributed by atoms with E-state index < -0.39 is 4.92 Å². The second-order valence-corrected chi connectivity index (χ2v) is 4.81. The molecule has 0 aromatic heterocycles. The first-order valence-electron chi connectivity index (χ1n) is 4.24. The molecule has 0 aliphatic carbocycles. The molecule has 0 N–H and O–H groups in total. The minimum atomic E-state index is -0.424. The van der Waals surface area contributed by atoms with Gasteiger partial charge in [0, 0.05) is 12.1 Å². The van der Waals surface area contributed by atoms with Crippen LogP contribution in [-0.4, -0.2) is 11.2 Å². The van der Waals surface area contributed by atoms with Crippen LogP contribution in [0.1, 0.15) is 0 Å². The van der Waals surface area contributed by atoms with Gasteiger partial charge in [-0.1, -0.05) is 23.9 Å². The summed E-state index contributed by atoms with van der Waals surface area (Å²) in [6.45, 7) is 0. The second-order valence-electron chi connectivity index (χ2n) is 2.62. The Morgan fingerprint density at radius 1 is 1.56 bits per heavy atom. The first-order valence-corrected chi connectivity index (χ1v) is 6.28. The maximum Gasteiger partial charge on any atom is 0.283 e. The third-order valence-electron chi connectivity index (χ3n) is 1.66. The molecule has 0 radical (unpaired) electrons. The first kappa shape index (κ1) is 12.6. The monoisotopic (exact) mass is 252 g/mol. The van der Waals surface area contributed by atoms with Crippen LogP contribution >= 0.6 is 23.5 Å². The van der Waals surface area contributed by atoms with Gasteiger partial charge in [-0.15, -0.1) is 11.8 Å². The highest BCUT2D eigenvalue weighted by Crippen LogP contribution is 2.37. The average molecular weight is 252 g/mol. The molecule has 0 fully saturated rings. The minimum Gasteiger partial charge on any atom is -0.258 e. The van der Waals surface area contributed by atoms with Gasteiger partial charge in [0.1, 0.15) is 0 Å². The fourth-order valence-electron chi connectivity index (χ4n) is 0.985. The van der Waals surface area contributed by atoms with Crippen LogP contribution in [0.3, 0.4) is 0 Å². The number of thioether (sulfide) groups is 2. The normalized spacial score (nSPS) is 10.9. The molecule has 0 saturated carbocycles. The Hall–Kier alpha value is -1.45. The summed E-state index contributed by atoms with van der Waals surface area (Å²) in [6, 6.07) is 8.39. The number of nitro groups is 1. The lowest BCUT2D eigenvalue weighted by Gasteiger charge is -2.02. The van der Waals surface area contributed by atoms with Gasteiger partial charge >= 0.3 is 0 Å². The Labute approximate surface area is 101 Å². The van der Waals surface area contributed by atoms with Crippen molar-refractivity contribution < 1.29 is 4.92 Å². The van der Waals surface area contributed by atoms with Crippen LogP contribution in [0.25, 0.3) is 0 Å². The summed E-state index contributed by atoms with van der Waals surface area (Å²) in [5.41, 5.74) is 0.0605. The summed E-state index contributed by atoms with van der Waals surface area (Å²) in [5.74, 6) is 0. The van der Waals surface area contributed by atoms with Crippen molar-refractivity contribution in [3.05, 3.63) is 44.7 Å². The van der Waals surface area contributed by atoms with E-state index >= 15 is 0 Å². The molecule has 0 aliphatic rings. The van der Waals surface area contributed by atoms with Gasteiger partial charge in [-0.25, -0.2) is 0 Å². The van der Waals surface area contributed by atoms with Crippen molar-refractivity contribution in [1.29, 1.82) is 5.26 Å². The van der Waals surface area contributed by atoms with E-state index in [0.717, 1.165) is 4.24 Å². The van der Waals surface area contributed by atoms with Crippen molar-refractivity contribution in [3.8, 4) is 6.07 Å². The lowest BCUT2D eigenvalue weighted by atomic mass is 10.3. The van der Waals surface area contributed by atoms with Crippen LogP contribution in [0.2, 0.25) is 0 Å². The van der Waals surface area contributed by atoms with Crippen molar-refractivity contribution >= 4 is 29.2 Å². The zero-order chi connectivity index (χ0) is 12.0. The largest absolute Gasteiger partial charge is 0.283 e. The second kappa shape index (κ2) is 6.20. The third-order valence-corrected chi connectivity index (χ3v) is 3.81. The van der Waals surface area contributed by atoms with E-state index in [4.69, 9.17) is 5.26 Å². The van der Waals surface area contributed by atoms with Crippen LogP contribution in [-0.2, 0) is 0 Å². The molecule has 0 aliphatic heterocycles. The number of nitrogens with zero attached hydrogens (tertiary/aromatic N) is 2. The summed E-state index contributed by atoms with van der Waals surface area (Å²) in [6.07, 6.45) is 3.21. The Morgan fingerprint density at radius 3 is 2.81 bits per heavy atom. The van der Waals surface area contributed by atoms with Gasteiger partial charge in [-0.2, -0.15) is 5.26 Å². The quantitative estimate of drug-likeness (QED) is 0.355. The van der Waals surface area contributed by atoms with Crippen LogP contribution < -0.4 is 0 Å². The number of hydrogen-bond donors (Lipinski definition) is 0. The van der Waals surface area contributed by atoms with Gasteiger partial charge in [-0.3, -0.25) is 10.1 Å². The lowest BCUT2D eigenvalue weighted by molar-refractivity contribution is -0.387. The Balaban J connectivity index is 3.01. The molecule has 82 valence electrons. The Morgan fingerprint density at radius 2 is 2.25 bits per heavy atom. The molecule has 0 spiro atoms. The van der Waals surface area contributed by atoms with Gasteiger partial charge < -0.3 is 0 Å². The third kappa shape index (κ3) is 3.29. The van der Waals surface area contributed by atoms with E-state index in [9.17, 15) is 10.1 Å². The van der Waals surface area contributed by atoms with E-state index in [2.05, 4.69) is 0 Å². The summed E-state index contributed by atoms with van der Waals surface area (Å²) in [7, 11) is 0. The Bertz CT molecular complexity index is 466. The molecule has 1 aromatic carbocycles. The average Bonchev–Trinajstić information content (AvgIpc) is 2.29. The highest BCUT2D eigenvalue weighted by molar-refractivity contribution is 8.22. The smallest absolute Gasteiger partial charge is 0.258 e. The van der Waals surface area contributed by atoms with Crippen LogP contribution in [0.5, 0.6) is 0 Å². The van der Waals surface area contributed by atoms with Crippen molar-refractivity contribution in [2.75, 3.05) is 6.26 Å². The standard InChI is InChI=1S/C10H8N2O2S2/c1-15-10(6-7-11)16-9-5-3-2-4-8(9)12(13)14/h2-6H,1H3. The van der Waals surface area contributed by atoms with Gasteiger partial charge in [-0.05, 0) is 12.3 Å².